The summed E-state index contributed by atoms with van der Waals surface area (Å²) in [6, 6.07) is 9.14. The van der Waals surface area contributed by atoms with E-state index in [1.54, 1.807) is 20.0 Å². The fraction of sp³-hybridized carbons (Fsp3) is 0.433. The van der Waals surface area contributed by atoms with E-state index >= 15 is 0 Å². The molecule has 0 aromatic heterocycles. The molecule has 2 unspecified atom stereocenters. The Morgan fingerprint density at radius 3 is 2.65 bits per heavy atom. The average molecular weight is 548 g/mol. The predicted octanol–water partition coefficient (Wildman–Crippen LogP) is 3.23. The molecule has 212 valence electrons. The van der Waals surface area contributed by atoms with Crippen molar-refractivity contribution in [2.24, 2.45) is 27.4 Å². The van der Waals surface area contributed by atoms with E-state index in [9.17, 15) is 14.4 Å². The first-order valence-corrected chi connectivity index (χ1v) is 13.5. The summed E-state index contributed by atoms with van der Waals surface area (Å²) < 4.78 is 11.5. The van der Waals surface area contributed by atoms with Gasteiger partial charge in [0, 0.05) is 18.7 Å². The molecule has 0 saturated carbocycles. The molecule has 1 fully saturated rings. The van der Waals surface area contributed by atoms with Crippen LogP contribution in [0, 0.1) is 5.92 Å². The third kappa shape index (κ3) is 7.40. The molecule has 40 heavy (non-hydrogen) atoms. The summed E-state index contributed by atoms with van der Waals surface area (Å²) >= 11 is 0. The van der Waals surface area contributed by atoms with Crippen LogP contribution >= 0.6 is 0 Å². The van der Waals surface area contributed by atoms with Crippen LogP contribution in [0.3, 0.4) is 0 Å². The molecule has 3 amide bonds. The highest BCUT2D eigenvalue weighted by Crippen LogP contribution is 2.30. The monoisotopic (exact) mass is 547 g/mol. The first-order valence-electron chi connectivity index (χ1n) is 13.5. The summed E-state index contributed by atoms with van der Waals surface area (Å²) in [5.74, 6) is -1.08. The molecule has 4 N–H and O–H groups in total. The number of hydrogen-bond acceptors (Lipinski definition) is 7. The van der Waals surface area contributed by atoms with Gasteiger partial charge < -0.3 is 20.9 Å². The molecular weight excluding hydrogens is 510 g/mol. The summed E-state index contributed by atoms with van der Waals surface area (Å²) in [5.41, 5.74) is 14.4. The zero-order chi connectivity index (χ0) is 28.7. The van der Waals surface area contributed by atoms with E-state index in [1.165, 1.54) is 4.90 Å². The van der Waals surface area contributed by atoms with Gasteiger partial charge in [-0.2, -0.15) is 0 Å². The Balaban J connectivity index is 1.42. The van der Waals surface area contributed by atoms with Gasteiger partial charge in [0.05, 0.1) is 30.2 Å². The number of primary amides is 1. The molecule has 3 aliphatic rings. The third-order valence-electron chi connectivity index (χ3n) is 7.09. The van der Waals surface area contributed by atoms with Gasteiger partial charge in [-0.15, -0.1) is 0 Å². The minimum absolute atomic E-state index is 0.102. The van der Waals surface area contributed by atoms with Crippen LogP contribution in [0.1, 0.15) is 45.1 Å². The number of rotatable bonds is 9. The zero-order valence-electron chi connectivity index (χ0n) is 23.0. The highest BCUT2D eigenvalue weighted by Gasteiger charge is 2.34. The molecule has 2 aliphatic heterocycles. The normalized spacial score (nSPS) is 23.2. The van der Waals surface area contributed by atoms with E-state index < -0.39 is 29.5 Å². The number of hydrogen-bond donors (Lipinski definition) is 2. The van der Waals surface area contributed by atoms with E-state index in [-0.39, 0.29) is 19.1 Å². The second kappa shape index (κ2) is 13.0. The van der Waals surface area contributed by atoms with Crippen molar-refractivity contribution in [1.82, 2.24) is 4.90 Å². The summed E-state index contributed by atoms with van der Waals surface area (Å²) in [6.07, 6.45) is 9.61. The van der Waals surface area contributed by atoms with Gasteiger partial charge in [-0.25, -0.2) is 9.79 Å². The Kier molecular flexibility index (Phi) is 9.44. The number of fused-ring (bicyclic) bond motifs is 1. The predicted molar refractivity (Wildman–Crippen MR) is 153 cm³/mol. The molecule has 1 aromatic rings. The maximum absolute atomic E-state index is 12.8. The van der Waals surface area contributed by atoms with Crippen LogP contribution in [-0.4, -0.2) is 65.6 Å². The fourth-order valence-electron chi connectivity index (χ4n) is 4.84. The minimum Gasteiger partial charge on any atom is -0.445 e. The quantitative estimate of drug-likeness (QED) is 0.453. The number of allylic oxidation sites excluding steroid dienone is 4. The lowest BCUT2D eigenvalue weighted by Crippen LogP contribution is -2.44. The van der Waals surface area contributed by atoms with E-state index in [0.29, 0.717) is 43.8 Å². The number of nitrogens with two attached hydrogens (primary N) is 2. The van der Waals surface area contributed by atoms with Crippen LogP contribution in [0.25, 0.3) is 0 Å². The lowest BCUT2D eigenvalue weighted by Gasteiger charge is -2.23. The Bertz CT molecular complexity index is 1270. The Morgan fingerprint density at radius 2 is 1.93 bits per heavy atom. The summed E-state index contributed by atoms with van der Waals surface area (Å²) in [4.78, 5) is 47.4. The van der Waals surface area contributed by atoms with Gasteiger partial charge in [0.2, 0.25) is 5.91 Å². The van der Waals surface area contributed by atoms with Crippen LogP contribution in [-0.2, 0) is 25.7 Å². The van der Waals surface area contributed by atoms with Crippen molar-refractivity contribution in [3.05, 3.63) is 71.5 Å². The first-order chi connectivity index (χ1) is 19.1. The van der Waals surface area contributed by atoms with Gasteiger partial charge in [-0.3, -0.25) is 19.5 Å². The molecule has 10 nitrogen and oxygen atoms in total. The number of benzene rings is 1. The van der Waals surface area contributed by atoms with Crippen LogP contribution in [0.2, 0.25) is 0 Å². The highest BCUT2D eigenvalue weighted by molar-refractivity contribution is 6.46. The van der Waals surface area contributed by atoms with Crippen LogP contribution in [0.15, 0.2) is 75.9 Å². The van der Waals surface area contributed by atoms with Crippen molar-refractivity contribution < 1.29 is 23.9 Å². The van der Waals surface area contributed by atoms with Gasteiger partial charge >= 0.3 is 6.09 Å². The Labute approximate surface area is 234 Å². The van der Waals surface area contributed by atoms with Crippen LogP contribution in [0.4, 0.5) is 4.79 Å². The molecule has 0 radical (unpaired) electrons. The second-order valence-electron chi connectivity index (χ2n) is 10.8. The third-order valence-corrected chi connectivity index (χ3v) is 7.09. The molecule has 4 rings (SSSR count). The van der Waals surface area contributed by atoms with Gasteiger partial charge in [-0.05, 0) is 56.2 Å². The summed E-state index contributed by atoms with van der Waals surface area (Å²) in [6.45, 7) is 4.26. The van der Waals surface area contributed by atoms with Crippen molar-refractivity contribution in [1.29, 1.82) is 0 Å². The maximum Gasteiger partial charge on any atom is 0.410 e. The van der Waals surface area contributed by atoms with E-state index in [2.05, 4.69) is 9.98 Å². The Morgan fingerprint density at radius 1 is 1.15 bits per heavy atom. The number of carbonyl (C=O) groups is 3. The van der Waals surface area contributed by atoms with Gasteiger partial charge in [0.1, 0.15) is 12.6 Å². The lowest BCUT2D eigenvalue weighted by molar-refractivity contribution is -0.122. The summed E-state index contributed by atoms with van der Waals surface area (Å²) in [5, 5.41) is 0. The number of likely N-dealkylation sites (tertiary alicyclic amines) is 1. The van der Waals surface area contributed by atoms with E-state index in [0.717, 1.165) is 23.1 Å². The highest BCUT2D eigenvalue weighted by atomic mass is 16.6. The van der Waals surface area contributed by atoms with E-state index in [1.807, 2.05) is 48.6 Å². The Hall–Kier alpha value is -3.89. The zero-order valence-corrected chi connectivity index (χ0v) is 23.0. The van der Waals surface area contributed by atoms with Gasteiger partial charge in [-0.1, -0.05) is 48.6 Å². The molecule has 1 aliphatic carbocycles. The van der Waals surface area contributed by atoms with Crippen molar-refractivity contribution in [2.45, 2.75) is 57.7 Å². The van der Waals surface area contributed by atoms with Crippen molar-refractivity contribution in [2.75, 3.05) is 19.8 Å². The molecule has 2 heterocycles. The molecule has 2 atom stereocenters. The average Bonchev–Trinajstić information content (AvgIpc) is 3.55. The van der Waals surface area contributed by atoms with Crippen molar-refractivity contribution in [3.63, 3.8) is 0 Å². The topological polar surface area (TPSA) is 150 Å². The first kappa shape index (κ1) is 29.1. The smallest absolute Gasteiger partial charge is 0.410 e. The van der Waals surface area contributed by atoms with Gasteiger partial charge in [0.25, 0.3) is 5.91 Å². The van der Waals surface area contributed by atoms with Crippen molar-refractivity contribution in [3.8, 4) is 0 Å². The number of ether oxygens (including phenoxy) is 2. The molecule has 0 spiro atoms. The largest absolute Gasteiger partial charge is 0.445 e. The molecule has 1 aromatic carbocycles. The maximum atomic E-state index is 12.8. The van der Waals surface area contributed by atoms with Crippen LogP contribution < -0.4 is 11.5 Å². The van der Waals surface area contributed by atoms with Crippen LogP contribution in [0.5, 0.6) is 0 Å². The standard InChI is InChI=1S/C30H37N5O5/c1-30(2,32)28(37)34-24(19-39-17-20-8-4-3-5-9-20)26-23-14-13-21(10-6-11-22(23)16-33-26)18-40-29(38)35-15-7-12-25(35)27(31)36/h3-6,8-11,16,23,25H,7,12-15,17-19,32H2,1-2H3,(H2,31,36)/b11-6-,21-10+,34-24?. The number of carbonyl (C=O) groups excluding carboxylic acids is 3. The van der Waals surface area contributed by atoms with E-state index in [4.69, 9.17) is 20.9 Å². The number of nitrogens with zero attached hydrogens (tertiary/aromatic N) is 3. The second-order valence-corrected chi connectivity index (χ2v) is 10.8. The van der Waals surface area contributed by atoms with Crippen molar-refractivity contribution >= 4 is 29.3 Å². The SMILES string of the molecule is CC(C)(N)C(=O)N=C(COCc1ccccc1)C1=NC=C2/C=C\C=C(\COC(=O)N3CCCC3C(N)=O)CCC21. The molecule has 0 bridgehead atoms. The molecule has 1 saturated heterocycles. The summed E-state index contributed by atoms with van der Waals surface area (Å²) in [7, 11) is 0. The fourth-order valence-corrected chi connectivity index (χ4v) is 4.84. The number of amides is 3. The molecule has 10 heteroatoms. The lowest BCUT2D eigenvalue weighted by atomic mass is 9.86. The molecular formula is C30H37N5O5. The minimum atomic E-state index is -1.14. The van der Waals surface area contributed by atoms with Gasteiger partial charge in [0.15, 0.2) is 0 Å². The number of aliphatic imine (C=N–C) groups is 2.